The highest BCUT2D eigenvalue weighted by molar-refractivity contribution is 5.81. The van der Waals surface area contributed by atoms with Crippen molar-refractivity contribution >= 4 is 5.91 Å². The third-order valence-corrected chi connectivity index (χ3v) is 1.62. The number of amides is 1. The molecule has 0 spiro atoms. The van der Waals surface area contributed by atoms with Crippen LogP contribution in [0.5, 0.6) is 0 Å². The summed E-state index contributed by atoms with van der Waals surface area (Å²) < 4.78 is 0. The molecular formula is C9H18N2O. The van der Waals surface area contributed by atoms with Crippen LogP contribution >= 0.6 is 0 Å². The van der Waals surface area contributed by atoms with Crippen molar-refractivity contribution in [2.24, 2.45) is 5.73 Å². The highest BCUT2D eigenvalue weighted by Gasteiger charge is 2.18. The highest BCUT2D eigenvalue weighted by Crippen LogP contribution is 2.00. The molecule has 0 aromatic heterocycles. The molecule has 0 fully saturated rings. The predicted molar refractivity (Wildman–Crippen MR) is 50.7 cm³/mol. The van der Waals surface area contributed by atoms with E-state index >= 15 is 0 Å². The molecule has 0 aromatic rings. The zero-order valence-corrected chi connectivity index (χ0v) is 8.08. The molecule has 12 heavy (non-hydrogen) atoms. The van der Waals surface area contributed by atoms with Crippen LogP contribution in [0.15, 0.2) is 12.7 Å². The molecule has 70 valence electrons. The summed E-state index contributed by atoms with van der Waals surface area (Å²) in [7, 11) is 0. The third kappa shape index (κ3) is 3.05. The Kier molecular flexibility index (Phi) is 4.59. The van der Waals surface area contributed by atoms with Crippen LogP contribution in [0.25, 0.3) is 0 Å². The standard InChI is InChI=1S/C9H18N2O/c1-5-6-11(7(2)3)9(12)8(4)10/h5,7-8H,1,6,10H2,2-4H3/t8-/m0/s1. The first-order chi connectivity index (χ1) is 5.50. The lowest BCUT2D eigenvalue weighted by Gasteiger charge is -2.26. The van der Waals surface area contributed by atoms with Crippen LogP contribution in [-0.4, -0.2) is 29.4 Å². The summed E-state index contributed by atoms with van der Waals surface area (Å²) in [5.74, 6) is -0.0232. The largest absolute Gasteiger partial charge is 0.335 e. The number of carbonyl (C=O) groups excluding carboxylic acids is 1. The molecule has 3 nitrogen and oxygen atoms in total. The Hall–Kier alpha value is -0.830. The first kappa shape index (κ1) is 11.2. The van der Waals surface area contributed by atoms with Gasteiger partial charge < -0.3 is 10.6 Å². The van der Waals surface area contributed by atoms with Crippen LogP contribution in [0.3, 0.4) is 0 Å². The average molecular weight is 170 g/mol. The fourth-order valence-corrected chi connectivity index (χ4v) is 0.956. The van der Waals surface area contributed by atoms with Crippen molar-refractivity contribution in [3.63, 3.8) is 0 Å². The number of rotatable bonds is 4. The van der Waals surface area contributed by atoms with Crippen molar-refractivity contribution in [3.05, 3.63) is 12.7 Å². The van der Waals surface area contributed by atoms with Gasteiger partial charge in [0.25, 0.3) is 0 Å². The lowest BCUT2D eigenvalue weighted by Crippen LogP contribution is -2.45. The second kappa shape index (κ2) is 4.93. The lowest BCUT2D eigenvalue weighted by atomic mass is 10.2. The third-order valence-electron chi connectivity index (χ3n) is 1.62. The van der Waals surface area contributed by atoms with E-state index in [-0.39, 0.29) is 11.9 Å². The first-order valence-electron chi connectivity index (χ1n) is 4.17. The normalized spacial score (nSPS) is 12.8. The van der Waals surface area contributed by atoms with E-state index in [9.17, 15) is 4.79 Å². The van der Waals surface area contributed by atoms with Gasteiger partial charge in [-0.05, 0) is 20.8 Å². The molecule has 0 aliphatic rings. The number of carbonyl (C=O) groups is 1. The van der Waals surface area contributed by atoms with Crippen molar-refractivity contribution in [2.75, 3.05) is 6.54 Å². The van der Waals surface area contributed by atoms with Crippen molar-refractivity contribution in [1.82, 2.24) is 4.90 Å². The SMILES string of the molecule is C=CCN(C(=O)[C@H](C)N)C(C)C. The van der Waals surface area contributed by atoms with Gasteiger partial charge in [0.15, 0.2) is 0 Å². The van der Waals surface area contributed by atoms with Gasteiger partial charge in [-0.25, -0.2) is 0 Å². The Bertz CT molecular complexity index is 164. The summed E-state index contributed by atoms with van der Waals surface area (Å²) >= 11 is 0. The topological polar surface area (TPSA) is 46.3 Å². The Labute approximate surface area is 74.2 Å². The Morgan fingerprint density at radius 2 is 2.08 bits per heavy atom. The van der Waals surface area contributed by atoms with E-state index in [1.807, 2.05) is 13.8 Å². The molecule has 0 heterocycles. The van der Waals surface area contributed by atoms with Crippen LogP contribution in [0.1, 0.15) is 20.8 Å². The average Bonchev–Trinajstić information content (AvgIpc) is 1.98. The molecule has 1 amide bonds. The van der Waals surface area contributed by atoms with Gasteiger partial charge in [-0.15, -0.1) is 6.58 Å². The van der Waals surface area contributed by atoms with Gasteiger partial charge in [-0.2, -0.15) is 0 Å². The molecule has 1 atom stereocenters. The summed E-state index contributed by atoms with van der Waals surface area (Å²) in [5, 5.41) is 0. The van der Waals surface area contributed by atoms with E-state index in [4.69, 9.17) is 5.73 Å². The van der Waals surface area contributed by atoms with Crippen molar-refractivity contribution in [3.8, 4) is 0 Å². The molecule has 0 saturated carbocycles. The van der Waals surface area contributed by atoms with Gasteiger partial charge in [-0.1, -0.05) is 6.08 Å². The fraction of sp³-hybridized carbons (Fsp3) is 0.667. The van der Waals surface area contributed by atoms with Gasteiger partial charge in [0.2, 0.25) is 5.91 Å². The van der Waals surface area contributed by atoms with Crippen molar-refractivity contribution in [2.45, 2.75) is 32.9 Å². The van der Waals surface area contributed by atoms with Gasteiger partial charge in [0, 0.05) is 12.6 Å². The Morgan fingerprint density at radius 3 is 2.33 bits per heavy atom. The van der Waals surface area contributed by atoms with E-state index < -0.39 is 6.04 Å². The van der Waals surface area contributed by atoms with Crippen LogP contribution in [0.2, 0.25) is 0 Å². The maximum absolute atomic E-state index is 11.4. The first-order valence-corrected chi connectivity index (χ1v) is 4.17. The minimum atomic E-state index is -0.424. The minimum absolute atomic E-state index is 0.0232. The molecule has 2 N–H and O–H groups in total. The van der Waals surface area contributed by atoms with Gasteiger partial charge in [-0.3, -0.25) is 4.79 Å². The molecule has 0 aliphatic carbocycles. The smallest absolute Gasteiger partial charge is 0.239 e. The molecular weight excluding hydrogens is 152 g/mol. The molecule has 0 saturated heterocycles. The predicted octanol–water partition coefficient (Wildman–Crippen LogP) is 0.757. The Balaban J connectivity index is 4.29. The van der Waals surface area contributed by atoms with Crippen LogP contribution < -0.4 is 5.73 Å². The maximum Gasteiger partial charge on any atom is 0.239 e. The number of hydrogen-bond donors (Lipinski definition) is 1. The zero-order valence-electron chi connectivity index (χ0n) is 8.08. The molecule has 0 aromatic carbocycles. The van der Waals surface area contributed by atoms with Crippen molar-refractivity contribution < 1.29 is 4.79 Å². The van der Waals surface area contributed by atoms with Gasteiger partial charge >= 0.3 is 0 Å². The molecule has 0 bridgehead atoms. The summed E-state index contributed by atoms with van der Waals surface area (Å²) in [5.41, 5.74) is 5.48. The van der Waals surface area contributed by atoms with E-state index in [1.165, 1.54) is 0 Å². The summed E-state index contributed by atoms with van der Waals surface area (Å²) in [6.07, 6.45) is 1.71. The van der Waals surface area contributed by atoms with E-state index in [2.05, 4.69) is 6.58 Å². The maximum atomic E-state index is 11.4. The number of hydrogen-bond acceptors (Lipinski definition) is 2. The second-order valence-electron chi connectivity index (χ2n) is 3.16. The molecule has 0 radical (unpaired) electrons. The number of nitrogens with zero attached hydrogens (tertiary/aromatic N) is 1. The van der Waals surface area contributed by atoms with Crippen LogP contribution in [0.4, 0.5) is 0 Å². The monoisotopic (exact) mass is 170 g/mol. The number of nitrogens with two attached hydrogens (primary N) is 1. The molecule has 3 heteroatoms. The molecule has 0 aliphatic heterocycles. The second-order valence-corrected chi connectivity index (χ2v) is 3.16. The Morgan fingerprint density at radius 1 is 1.58 bits per heavy atom. The fourth-order valence-electron chi connectivity index (χ4n) is 0.956. The van der Waals surface area contributed by atoms with Crippen LogP contribution in [0, 0.1) is 0 Å². The van der Waals surface area contributed by atoms with E-state index in [0.29, 0.717) is 6.54 Å². The summed E-state index contributed by atoms with van der Waals surface area (Å²) in [4.78, 5) is 13.1. The highest BCUT2D eigenvalue weighted by atomic mass is 16.2. The van der Waals surface area contributed by atoms with Gasteiger partial charge in [0.05, 0.1) is 6.04 Å². The zero-order chi connectivity index (χ0) is 9.72. The van der Waals surface area contributed by atoms with Crippen LogP contribution in [-0.2, 0) is 4.79 Å². The summed E-state index contributed by atoms with van der Waals surface area (Å²) in [6, 6.07) is -0.242. The molecule has 0 rings (SSSR count). The van der Waals surface area contributed by atoms with E-state index in [0.717, 1.165) is 0 Å². The minimum Gasteiger partial charge on any atom is -0.335 e. The van der Waals surface area contributed by atoms with Gasteiger partial charge in [0.1, 0.15) is 0 Å². The van der Waals surface area contributed by atoms with Crippen molar-refractivity contribution in [1.29, 1.82) is 0 Å². The quantitative estimate of drug-likeness (QED) is 0.633. The van der Waals surface area contributed by atoms with E-state index in [1.54, 1.807) is 17.9 Å². The summed E-state index contributed by atoms with van der Waals surface area (Å²) in [6.45, 7) is 9.78. The molecule has 0 unspecified atom stereocenters. The lowest BCUT2D eigenvalue weighted by molar-refractivity contribution is -0.133.